The fourth-order valence-corrected chi connectivity index (χ4v) is 5.83. The minimum atomic E-state index is -0.212. The normalized spacial score (nSPS) is 14.8. The number of carbonyl (C=O) groups excluding carboxylic acids is 1. The zero-order chi connectivity index (χ0) is 25.1. The molecule has 5 rings (SSSR count). The number of hydrogen-bond donors (Lipinski definition) is 3. The summed E-state index contributed by atoms with van der Waals surface area (Å²) in [7, 11) is 0. The molecule has 0 radical (unpaired) electrons. The zero-order valence-electron chi connectivity index (χ0n) is 19.5. The number of thiophene rings is 1. The van der Waals surface area contributed by atoms with Crippen LogP contribution in [0, 0.1) is 11.3 Å². The molecule has 1 unspecified atom stereocenters. The van der Waals surface area contributed by atoms with Crippen molar-refractivity contribution in [3.05, 3.63) is 70.6 Å². The van der Waals surface area contributed by atoms with Gasteiger partial charge in [-0.3, -0.25) is 9.69 Å². The van der Waals surface area contributed by atoms with Gasteiger partial charge in [-0.2, -0.15) is 5.26 Å². The van der Waals surface area contributed by atoms with Gasteiger partial charge in [0.05, 0.1) is 21.4 Å². The molecule has 1 amide bonds. The molecule has 182 valence electrons. The summed E-state index contributed by atoms with van der Waals surface area (Å²) in [6.07, 6.45) is 3.16. The fourth-order valence-electron chi connectivity index (χ4n) is 4.48. The highest BCUT2D eigenvalue weighted by Crippen LogP contribution is 2.47. The standard InChI is InChI=1S/C25H23ClN8OS/c1-15(35)32-20-12-17(6-7-29-20)23-19(13-27)21(24(36-23)25-30-14-31-33-25)22(34-10-8-28-9-11-34)16-2-4-18(26)5-3-16/h2-7,12,14,22,28H,8-11H2,1H3,(H,29,32,35)(H,30,31,33). The van der Waals surface area contributed by atoms with E-state index in [1.165, 1.54) is 24.6 Å². The van der Waals surface area contributed by atoms with Crippen molar-refractivity contribution >= 4 is 34.7 Å². The molecule has 1 fully saturated rings. The predicted molar refractivity (Wildman–Crippen MR) is 140 cm³/mol. The number of halogens is 1. The highest BCUT2D eigenvalue weighted by Gasteiger charge is 2.33. The molecule has 0 saturated carbocycles. The molecule has 3 N–H and O–H groups in total. The van der Waals surface area contributed by atoms with Gasteiger partial charge in [0, 0.05) is 49.9 Å². The van der Waals surface area contributed by atoms with Gasteiger partial charge in [-0.15, -0.1) is 21.5 Å². The summed E-state index contributed by atoms with van der Waals surface area (Å²) in [6.45, 7) is 4.78. The van der Waals surface area contributed by atoms with Gasteiger partial charge in [0.2, 0.25) is 5.91 Å². The quantitative estimate of drug-likeness (QED) is 0.351. The maximum atomic E-state index is 11.6. The second kappa shape index (κ2) is 10.6. The predicted octanol–water partition coefficient (Wildman–Crippen LogP) is 4.07. The van der Waals surface area contributed by atoms with E-state index in [2.05, 4.69) is 41.8 Å². The molecule has 0 aliphatic carbocycles. The highest BCUT2D eigenvalue weighted by molar-refractivity contribution is 7.19. The summed E-state index contributed by atoms with van der Waals surface area (Å²) in [5.41, 5.74) is 3.26. The van der Waals surface area contributed by atoms with Crippen molar-refractivity contribution in [3.63, 3.8) is 0 Å². The molecule has 0 bridgehead atoms. The van der Waals surface area contributed by atoms with Crippen molar-refractivity contribution in [1.82, 2.24) is 30.4 Å². The van der Waals surface area contributed by atoms with Gasteiger partial charge in [0.25, 0.3) is 0 Å². The monoisotopic (exact) mass is 518 g/mol. The van der Waals surface area contributed by atoms with Crippen LogP contribution in [-0.2, 0) is 4.79 Å². The van der Waals surface area contributed by atoms with Gasteiger partial charge in [0.15, 0.2) is 5.82 Å². The van der Waals surface area contributed by atoms with Crippen LogP contribution < -0.4 is 10.6 Å². The Labute approximate surface area is 217 Å². The minimum Gasteiger partial charge on any atom is -0.327 e. The van der Waals surface area contributed by atoms with Crippen molar-refractivity contribution < 1.29 is 4.79 Å². The lowest BCUT2D eigenvalue weighted by Gasteiger charge is -2.35. The number of nitrogens with one attached hydrogen (secondary N) is 3. The third-order valence-electron chi connectivity index (χ3n) is 5.99. The largest absolute Gasteiger partial charge is 0.327 e. The first kappa shape index (κ1) is 24.1. The highest BCUT2D eigenvalue weighted by atomic mass is 35.5. The summed E-state index contributed by atoms with van der Waals surface area (Å²) < 4.78 is 0. The number of rotatable bonds is 6. The zero-order valence-corrected chi connectivity index (χ0v) is 21.0. The van der Waals surface area contributed by atoms with E-state index in [0.29, 0.717) is 22.2 Å². The molecule has 1 saturated heterocycles. The molecule has 1 aliphatic rings. The van der Waals surface area contributed by atoms with Gasteiger partial charge >= 0.3 is 0 Å². The van der Waals surface area contributed by atoms with Gasteiger partial charge in [0.1, 0.15) is 18.2 Å². The van der Waals surface area contributed by atoms with Crippen LogP contribution in [0.2, 0.25) is 5.02 Å². The third kappa shape index (κ3) is 4.87. The van der Waals surface area contributed by atoms with E-state index in [0.717, 1.165) is 52.6 Å². The Balaban J connectivity index is 1.74. The maximum Gasteiger partial charge on any atom is 0.222 e. The minimum absolute atomic E-state index is 0.194. The smallest absolute Gasteiger partial charge is 0.222 e. The van der Waals surface area contributed by atoms with Gasteiger partial charge in [-0.25, -0.2) is 4.98 Å². The lowest BCUT2D eigenvalue weighted by molar-refractivity contribution is -0.114. The van der Waals surface area contributed by atoms with Crippen LogP contribution in [0.5, 0.6) is 0 Å². The van der Waals surface area contributed by atoms with E-state index in [4.69, 9.17) is 11.6 Å². The van der Waals surface area contributed by atoms with E-state index in [1.807, 2.05) is 30.3 Å². The fraction of sp³-hybridized carbons (Fsp3) is 0.240. The number of anilines is 1. The number of hydrogen-bond acceptors (Lipinski definition) is 8. The first-order valence-corrected chi connectivity index (χ1v) is 12.6. The number of nitriles is 1. The number of amides is 1. The van der Waals surface area contributed by atoms with Crippen molar-refractivity contribution in [2.45, 2.75) is 13.0 Å². The van der Waals surface area contributed by atoms with E-state index < -0.39 is 0 Å². The van der Waals surface area contributed by atoms with Crippen LogP contribution in [0.15, 0.2) is 48.9 Å². The Morgan fingerprint density at radius 1 is 1.22 bits per heavy atom. The topological polar surface area (TPSA) is 123 Å². The van der Waals surface area contributed by atoms with Crippen molar-refractivity contribution in [3.8, 4) is 27.2 Å². The number of nitrogens with zero attached hydrogens (tertiary/aromatic N) is 5. The van der Waals surface area contributed by atoms with Gasteiger partial charge in [-0.05, 0) is 35.4 Å². The van der Waals surface area contributed by atoms with Crippen LogP contribution in [0.25, 0.3) is 21.1 Å². The van der Waals surface area contributed by atoms with Crippen LogP contribution in [0.4, 0.5) is 5.82 Å². The molecule has 3 aromatic heterocycles. The van der Waals surface area contributed by atoms with E-state index in [1.54, 1.807) is 12.3 Å². The number of pyridine rings is 1. The number of H-pyrrole nitrogens is 1. The molecule has 1 aliphatic heterocycles. The number of carbonyl (C=O) groups is 1. The van der Waals surface area contributed by atoms with E-state index in [9.17, 15) is 10.1 Å². The Bertz CT molecular complexity index is 1410. The summed E-state index contributed by atoms with van der Waals surface area (Å²) in [5.74, 6) is 0.815. The Morgan fingerprint density at radius 2 is 2.00 bits per heavy atom. The average Bonchev–Trinajstić information content (AvgIpc) is 3.54. The Morgan fingerprint density at radius 3 is 2.67 bits per heavy atom. The lowest BCUT2D eigenvalue weighted by Crippen LogP contribution is -2.45. The molecule has 4 heterocycles. The average molecular weight is 519 g/mol. The molecule has 11 heteroatoms. The number of aromatic nitrogens is 4. The molecular formula is C25H23ClN8OS. The SMILES string of the molecule is CC(=O)Nc1cc(-c2sc(-c3nnc[nH]3)c(C(c3ccc(Cl)cc3)N3CCNCC3)c2C#N)ccn1. The van der Waals surface area contributed by atoms with Gasteiger partial charge < -0.3 is 15.6 Å². The molecule has 1 atom stereocenters. The summed E-state index contributed by atoms with van der Waals surface area (Å²) >= 11 is 7.70. The lowest BCUT2D eigenvalue weighted by atomic mass is 9.92. The van der Waals surface area contributed by atoms with Crippen LogP contribution in [-0.4, -0.2) is 57.2 Å². The summed E-state index contributed by atoms with van der Waals surface area (Å²) in [5, 5.41) is 25.6. The molecule has 0 spiro atoms. The van der Waals surface area contributed by atoms with Crippen LogP contribution in [0.1, 0.15) is 29.7 Å². The van der Waals surface area contributed by atoms with E-state index in [-0.39, 0.29) is 11.9 Å². The molecule has 9 nitrogen and oxygen atoms in total. The molecule has 1 aromatic carbocycles. The first-order valence-electron chi connectivity index (χ1n) is 11.4. The maximum absolute atomic E-state index is 11.6. The van der Waals surface area contributed by atoms with Crippen molar-refractivity contribution in [1.29, 1.82) is 5.26 Å². The second-order valence-electron chi connectivity index (χ2n) is 8.35. The molecular weight excluding hydrogens is 496 g/mol. The first-order chi connectivity index (χ1) is 17.5. The molecule has 36 heavy (non-hydrogen) atoms. The Hall–Kier alpha value is -3.62. The van der Waals surface area contributed by atoms with Crippen molar-refractivity contribution in [2.24, 2.45) is 0 Å². The van der Waals surface area contributed by atoms with Crippen molar-refractivity contribution in [2.75, 3.05) is 31.5 Å². The van der Waals surface area contributed by atoms with Crippen LogP contribution >= 0.6 is 22.9 Å². The van der Waals surface area contributed by atoms with Crippen LogP contribution in [0.3, 0.4) is 0 Å². The second-order valence-corrected chi connectivity index (χ2v) is 9.81. The summed E-state index contributed by atoms with van der Waals surface area (Å²) in [6, 6.07) is 13.7. The Kier molecular flexibility index (Phi) is 7.06. The number of piperazine rings is 1. The number of benzene rings is 1. The van der Waals surface area contributed by atoms with Gasteiger partial charge in [-0.1, -0.05) is 23.7 Å². The van der Waals surface area contributed by atoms with E-state index >= 15 is 0 Å². The third-order valence-corrected chi connectivity index (χ3v) is 7.50. The number of aromatic amines is 1. The molecule has 4 aromatic rings. The summed E-state index contributed by atoms with van der Waals surface area (Å²) in [4.78, 5) is 23.0.